The van der Waals surface area contributed by atoms with Gasteiger partial charge >= 0.3 is 41.2 Å². The zero-order valence-corrected chi connectivity index (χ0v) is 72.0. The maximum absolute atomic E-state index is 11.1. The molecule has 2 aliphatic heterocycles. The second-order valence-electron chi connectivity index (χ2n) is 32.3. The first-order valence-electron chi connectivity index (χ1n) is 41.5. The third-order valence-corrected chi connectivity index (χ3v) is 25.2. The van der Waals surface area contributed by atoms with Gasteiger partial charge in [-0.15, -0.1) is 0 Å². The zero-order chi connectivity index (χ0) is 89.4. The smallest absolute Gasteiger partial charge is 0.333 e. The molecule has 0 saturated heterocycles. The van der Waals surface area contributed by atoms with Gasteiger partial charge in [-0.1, -0.05) is 115 Å². The summed E-state index contributed by atoms with van der Waals surface area (Å²) in [6.07, 6.45) is 10.7. The number of nitrogens with zero attached hydrogens (tertiary/aromatic N) is 10. The van der Waals surface area contributed by atoms with E-state index in [0.717, 1.165) is 97.5 Å². The Kier molecular flexibility index (Phi) is 27.5. The number of aromatic amines is 1. The van der Waals surface area contributed by atoms with Crippen molar-refractivity contribution in [1.29, 1.82) is 0 Å². The number of aromatic nitrogens is 9. The van der Waals surface area contributed by atoms with E-state index in [1.54, 1.807) is 6.07 Å². The van der Waals surface area contributed by atoms with Gasteiger partial charge in [0.2, 0.25) is 5.88 Å². The number of anilines is 4. The number of aliphatic hydroxyl groups excluding tert-OH is 4. The SMILES string of the molecule is NS(=O)(=O)OC[C@@H]1C[C@@H](Nc2ncnc3[nH]c(-c4ccccc4)cc23)C[C@@H]1O.NS(=O)(=O)OC[C@@H]1C[C@@H](Nc2ncnc3c2N=C(c2cccc4c2oc2ccccc24)C3)C[C@@H]1O.NS(=O)(=O)OC[C@@H]1C[C@@H](Nc2ncnc3c2N=C(c2ccccc2Oc2ccccc2)C3)C[C@@H]1O.NS(=O)(=O)OC[C@@H]1C[C@@H](Oc2cc(N[C@H]3CCCc4ccccc43)ncn2)C[C@@H]1O. The number of nitrogens with one attached hydrogen (secondary N) is 5. The van der Waals surface area contributed by atoms with Crippen LogP contribution in [0.5, 0.6) is 17.4 Å². The molecule has 0 unspecified atom stereocenters. The minimum atomic E-state index is -4.06. The number of rotatable bonds is 27. The van der Waals surface area contributed by atoms with Crippen molar-refractivity contribution in [1.82, 2.24) is 44.9 Å². The fourth-order valence-corrected chi connectivity index (χ4v) is 18.8. The molecule has 6 aromatic carbocycles. The molecule has 4 fully saturated rings. The summed E-state index contributed by atoms with van der Waals surface area (Å²) in [5.41, 5.74) is 13.3. The van der Waals surface area contributed by atoms with Gasteiger partial charge in [-0.3, -0.25) is 16.7 Å². The van der Waals surface area contributed by atoms with Gasteiger partial charge in [0.15, 0.2) is 11.6 Å². The summed E-state index contributed by atoms with van der Waals surface area (Å²) in [5, 5.41) is 77.0. The van der Waals surface area contributed by atoms with E-state index in [0.29, 0.717) is 116 Å². The number of hydrogen-bond donors (Lipinski definition) is 13. The molecular weight excluding hydrogens is 1730 g/mol. The predicted molar refractivity (Wildman–Crippen MR) is 475 cm³/mol. The molecule has 12 aromatic rings. The summed E-state index contributed by atoms with van der Waals surface area (Å²) in [4.78, 5) is 47.7. The minimum Gasteiger partial charge on any atom is -0.474 e. The number of para-hydroxylation sites is 4. The van der Waals surface area contributed by atoms with Gasteiger partial charge < -0.3 is 60.6 Å². The molecule has 5 aliphatic carbocycles. The van der Waals surface area contributed by atoms with Crippen molar-refractivity contribution in [2.75, 3.05) is 47.7 Å². The maximum atomic E-state index is 11.1. The third kappa shape index (κ3) is 22.9. The zero-order valence-electron chi connectivity index (χ0n) is 68.8. The van der Waals surface area contributed by atoms with Crippen LogP contribution in [0.25, 0.3) is 44.2 Å². The molecular formula is C86H95N19O19S4. The van der Waals surface area contributed by atoms with Gasteiger partial charge in [0.25, 0.3) is 0 Å². The van der Waals surface area contributed by atoms with Crippen LogP contribution in [0.3, 0.4) is 0 Å². The highest BCUT2D eigenvalue weighted by Crippen LogP contribution is 2.43. The molecule has 17 N–H and O–H groups in total. The Morgan fingerprint density at radius 3 is 1.55 bits per heavy atom. The molecule has 0 spiro atoms. The Labute approximate surface area is 736 Å². The molecule has 38 nitrogen and oxygen atoms in total. The molecule has 128 heavy (non-hydrogen) atoms. The number of aryl methyl sites for hydroxylation is 1. The van der Waals surface area contributed by atoms with Crippen LogP contribution in [0.1, 0.15) is 104 Å². The quantitative estimate of drug-likeness (QED) is 0.0229. The Morgan fingerprint density at radius 1 is 0.453 bits per heavy atom. The number of ether oxygens (including phenoxy) is 2. The lowest BCUT2D eigenvalue weighted by molar-refractivity contribution is 0.0983. The van der Waals surface area contributed by atoms with Gasteiger partial charge in [-0.05, 0) is 123 Å². The maximum Gasteiger partial charge on any atom is 0.333 e. The van der Waals surface area contributed by atoms with Crippen LogP contribution in [0.2, 0.25) is 0 Å². The largest absolute Gasteiger partial charge is 0.474 e. The topological polar surface area (TPSA) is 582 Å². The Hall–Kier alpha value is -11.6. The van der Waals surface area contributed by atoms with Crippen LogP contribution < -0.4 is 51.3 Å². The second-order valence-corrected chi connectivity index (χ2v) is 37.2. The summed E-state index contributed by atoms with van der Waals surface area (Å²) < 4.78 is 125. The molecule has 8 heterocycles. The van der Waals surface area contributed by atoms with Gasteiger partial charge in [0.05, 0.1) is 85.1 Å². The van der Waals surface area contributed by atoms with Crippen molar-refractivity contribution < 1.29 is 84.7 Å². The first kappa shape index (κ1) is 89.8. The van der Waals surface area contributed by atoms with Crippen LogP contribution in [-0.2, 0) is 77.2 Å². The van der Waals surface area contributed by atoms with Gasteiger partial charge in [-0.2, -0.15) is 33.7 Å². The highest BCUT2D eigenvalue weighted by atomic mass is 32.2. The first-order valence-corrected chi connectivity index (χ1v) is 47.3. The van der Waals surface area contributed by atoms with Gasteiger partial charge in [0, 0.05) is 94.7 Å². The van der Waals surface area contributed by atoms with Gasteiger partial charge in [0.1, 0.15) is 82.7 Å². The Balaban J connectivity index is 0.000000126. The lowest BCUT2D eigenvalue weighted by atomic mass is 9.88. The standard InChI is InChI=1S/C24H23N5O5S.C24H25N5O5S.C20H26N4O5S.C18H21N5O4S/c25-35(31,32)33-11-13-8-14(9-20(13)30)28-24-22-19(26-12-27-24)10-18(29-22)17-6-3-5-16-15-4-1-2-7-21(15)34-23(16)17;25-35(31,32)33-13-15-10-16(11-21(15)30)28-24-23-20(26-14-27-24)12-19(29-23)18-8-4-5-9-22(18)34-17-6-2-1-3-7-17;21-30(26,27)28-11-14-8-15(9-18(14)25)29-20-10-19(22-12-23-20)24-17-7-3-5-13-4-1-2-6-16(13)17;19-28(25,26)27-9-12-6-13(7-16(12)24)22-17-14-8-15(11-4-2-1-3-5-11)23-18(14)21-10-20-17/h1-7,12-14,20,30H,8-11H2,(H2,25,31,32)(H,26,27,28);1-9,14-16,21,30H,10-13H2,(H2,25,31,32)(H,26,27,28);1-2,4,6,10,12,14-15,17-18,25H,3,5,7-9,11H2,(H2,21,26,27)(H,22,23,24);1-5,8,10,12-13,16,24H,6-7,9H2,(H2,19,25,26)(H2,20,21,22,23)/t13-,14+,20-;15-,16+,21-;14-,15+,17-,18-;12-,13+,16-/m0000/s1. The van der Waals surface area contributed by atoms with Crippen molar-refractivity contribution in [2.24, 2.45) is 54.2 Å². The second kappa shape index (κ2) is 39.2. The monoisotopic (exact) mass is 1830 g/mol. The molecule has 0 bridgehead atoms. The number of hydrogen-bond acceptors (Lipinski definition) is 33. The van der Waals surface area contributed by atoms with E-state index >= 15 is 0 Å². The highest BCUT2D eigenvalue weighted by molar-refractivity contribution is 7.85. The summed E-state index contributed by atoms with van der Waals surface area (Å²) in [6, 6.07) is 53.2. The summed E-state index contributed by atoms with van der Waals surface area (Å²) in [5.74, 6) is 2.91. The lowest BCUT2D eigenvalue weighted by Gasteiger charge is -2.26. The molecule has 42 heteroatoms. The number of nitrogens with two attached hydrogens (primary N) is 4. The highest BCUT2D eigenvalue weighted by Gasteiger charge is 2.40. The number of fused-ring (bicyclic) bond motifs is 7. The van der Waals surface area contributed by atoms with E-state index in [-0.39, 0.29) is 80.4 Å². The van der Waals surface area contributed by atoms with Gasteiger partial charge in [-0.25, -0.2) is 70.4 Å². The minimum absolute atomic E-state index is 0.0720. The Bertz CT molecular complexity index is 6530. The molecule has 6 aromatic heterocycles. The first-order chi connectivity index (χ1) is 61.5. The normalized spacial score (nSPS) is 23.0. The van der Waals surface area contributed by atoms with Crippen molar-refractivity contribution in [2.45, 2.75) is 138 Å². The van der Waals surface area contributed by atoms with Crippen molar-refractivity contribution >= 4 is 120 Å². The summed E-state index contributed by atoms with van der Waals surface area (Å²) in [6.45, 7) is -0.637. The number of benzene rings is 6. The van der Waals surface area contributed by atoms with Crippen LogP contribution in [0.15, 0.2) is 204 Å². The number of aliphatic hydroxyl groups is 4. The summed E-state index contributed by atoms with van der Waals surface area (Å²) >= 11 is 0. The summed E-state index contributed by atoms with van der Waals surface area (Å²) in [7, 11) is -16.2. The fraction of sp³-hybridized carbons (Fsp3) is 0.349. The predicted octanol–water partition coefficient (Wildman–Crippen LogP) is 8.64. The average molecular weight is 1830 g/mol. The van der Waals surface area contributed by atoms with Crippen LogP contribution in [0.4, 0.5) is 34.6 Å². The number of aliphatic imine (C=N–C) groups is 2. The fourth-order valence-electron chi connectivity index (χ4n) is 17.3. The average Bonchev–Trinajstić information content (AvgIpc) is 1.60. The molecule has 4 saturated carbocycles. The molecule has 19 rings (SSSR count). The van der Waals surface area contributed by atoms with Crippen LogP contribution in [0, 0.1) is 23.7 Å². The van der Waals surface area contributed by atoms with Crippen molar-refractivity contribution in [3.05, 3.63) is 223 Å². The molecule has 672 valence electrons. The third-order valence-electron chi connectivity index (χ3n) is 23.4. The van der Waals surface area contributed by atoms with Crippen molar-refractivity contribution in [3.63, 3.8) is 0 Å². The lowest BCUT2D eigenvalue weighted by Crippen LogP contribution is -2.24. The van der Waals surface area contributed by atoms with E-state index < -0.39 is 65.6 Å². The Morgan fingerprint density at radius 2 is 0.945 bits per heavy atom. The van der Waals surface area contributed by atoms with E-state index in [1.165, 1.54) is 36.4 Å². The van der Waals surface area contributed by atoms with Crippen molar-refractivity contribution in [3.8, 4) is 28.6 Å². The van der Waals surface area contributed by atoms with E-state index in [2.05, 4.69) is 107 Å². The number of furan rings is 1. The molecule has 13 atom stereocenters. The van der Waals surface area contributed by atoms with Crippen LogP contribution >= 0.6 is 0 Å². The van der Waals surface area contributed by atoms with E-state index in [1.807, 2.05) is 133 Å². The van der Waals surface area contributed by atoms with E-state index in [4.69, 9.17) is 44.4 Å². The molecule has 0 radical (unpaired) electrons. The molecule has 0 amide bonds. The number of H-pyrrole nitrogens is 1. The van der Waals surface area contributed by atoms with Crippen LogP contribution in [-0.4, -0.2) is 185 Å². The van der Waals surface area contributed by atoms with E-state index in [9.17, 15) is 54.1 Å². The molecule has 7 aliphatic rings.